The topological polar surface area (TPSA) is 20.2 Å². The van der Waals surface area contributed by atoms with Crippen molar-refractivity contribution < 1.29 is 5.11 Å². The van der Waals surface area contributed by atoms with Crippen molar-refractivity contribution in [2.24, 2.45) is 5.92 Å². The summed E-state index contributed by atoms with van der Waals surface area (Å²) in [7, 11) is 0. The summed E-state index contributed by atoms with van der Waals surface area (Å²) in [6, 6.07) is 15.3. The Morgan fingerprint density at radius 1 is 0.889 bits per heavy atom. The Bertz CT molecular complexity index is 519. The highest BCUT2D eigenvalue weighted by atomic mass is 16.3. The minimum absolute atomic E-state index is 0.363. The van der Waals surface area contributed by atoms with Crippen LogP contribution >= 0.6 is 0 Å². The molecule has 1 aliphatic rings. The van der Waals surface area contributed by atoms with Gasteiger partial charge in [0.15, 0.2) is 0 Å². The molecule has 2 aromatic rings. The maximum absolute atomic E-state index is 9.22. The van der Waals surface area contributed by atoms with Gasteiger partial charge in [-0.05, 0) is 53.9 Å². The van der Waals surface area contributed by atoms with Crippen molar-refractivity contribution in [2.45, 2.75) is 31.6 Å². The van der Waals surface area contributed by atoms with Crippen LogP contribution in [0.1, 0.15) is 37.2 Å². The molecule has 0 bridgehead atoms. The SMILES string of the molecule is OCC1CCC(c2cccc3ccccc23)CC1. The van der Waals surface area contributed by atoms with Gasteiger partial charge in [0.1, 0.15) is 0 Å². The predicted octanol–water partition coefficient (Wildman–Crippen LogP) is 4.11. The Labute approximate surface area is 108 Å². The van der Waals surface area contributed by atoms with Crippen LogP contribution in [0.2, 0.25) is 0 Å². The van der Waals surface area contributed by atoms with Crippen LogP contribution in [0.3, 0.4) is 0 Å². The predicted molar refractivity (Wildman–Crippen MR) is 75.7 cm³/mol. The monoisotopic (exact) mass is 240 g/mol. The molecule has 0 spiro atoms. The number of aliphatic hydroxyl groups is 1. The highest BCUT2D eigenvalue weighted by Crippen LogP contribution is 2.38. The zero-order chi connectivity index (χ0) is 12.4. The van der Waals surface area contributed by atoms with Gasteiger partial charge in [0.05, 0.1) is 0 Å². The summed E-state index contributed by atoms with van der Waals surface area (Å²) in [6.07, 6.45) is 4.78. The maximum Gasteiger partial charge on any atom is 0.0459 e. The zero-order valence-electron chi connectivity index (χ0n) is 10.7. The summed E-state index contributed by atoms with van der Waals surface area (Å²) in [5.41, 5.74) is 1.50. The van der Waals surface area contributed by atoms with Gasteiger partial charge in [0, 0.05) is 6.61 Å². The molecule has 1 fully saturated rings. The molecule has 0 aliphatic heterocycles. The van der Waals surface area contributed by atoms with Crippen LogP contribution in [0.15, 0.2) is 42.5 Å². The summed E-state index contributed by atoms with van der Waals surface area (Å²) < 4.78 is 0. The van der Waals surface area contributed by atoms with E-state index >= 15 is 0 Å². The third-order valence-corrected chi connectivity index (χ3v) is 4.37. The molecule has 18 heavy (non-hydrogen) atoms. The number of hydrogen-bond donors (Lipinski definition) is 1. The van der Waals surface area contributed by atoms with Gasteiger partial charge in [0.25, 0.3) is 0 Å². The van der Waals surface area contributed by atoms with Crippen molar-refractivity contribution in [1.82, 2.24) is 0 Å². The second-order valence-electron chi connectivity index (χ2n) is 5.47. The molecule has 1 aliphatic carbocycles. The van der Waals surface area contributed by atoms with Gasteiger partial charge in [-0.3, -0.25) is 0 Å². The fourth-order valence-electron chi connectivity index (χ4n) is 3.26. The van der Waals surface area contributed by atoms with Gasteiger partial charge < -0.3 is 5.11 Å². The van der Waals surface area contributed by atoms with Gasteiger partial charge in [-0.15, -0.1) is 0 Å². The molecule has 0 unspecified atom stereocenters. The molecule has 0 atom stereocenters. The second-order valence-corrected chi connectivity index (χ2v) is 5.47. The van der Waals surface area contributed by atoms with Crippen molar-refractivity contribution in [2.75, 3.05) is 6.61 Å². The minimum atomic E-state index is 0.363. The fraction of sp³-hybridized carbons (Fsp3) is 0.412. The number of aliphatic hydroxyl groups excluding tert-OH is 1. The van der Waals surface area contributed by atoms with Crippen LogP contribution in [0.5, 0.6) is 0 Å². The van der Waals surface area contributed by atoms with Crippen LogP contribution in [0, 0.1) is 5.92 Å². The first-order valence-corrected chi connectivity index (χ1v) is 6.97. The summed E-state index contributed by atoms with van der Waals surface area (Å²) in [4.78, 5) is 0. The minimum Gasteiger partial charge on any atom is -0.396 e. The first-order chi connectivity index (χ1) is 8.88. The van der Waals surface area contributed by atoms with Crippen LogP contribution in [0.4, 0.5) is 0 Å². The van der Waals surface area contributed by atoms with Crippen LogP contribution in [0.25, 0.3) is 10.8 Å². The fourth-order valence-corrected chi connectivity index (χ4v) is 3.26. The average molecular weight is 240 g/mol. The maximum atomic E-state index is 9.22. The van der Waals surface area contributed by atoms with Crippen molar-refractivity contribution in [1.29, 1.82) is 0 Å². The number of rotatable bonds is 2. The standard InChI is InChI=1S/C17H20O/c18-12-13-8-10-15(11-9-13)17-7-3-5-14-4-1-2-6-16(14)17/h1-7,13,15,18H,8-12H2. The van der Waals surface area contributed by atoms with E-state index in [1.165, 1.54) is 42.0 Å². The molecule has 3 rings (SSSR count). The van der Waals surface area contributed by atoms with E-state index in [2.05, 4.69) is 42.5 Å². The van der Waals surface area contributed by atoms with Crippen LogP contribution in [-0.4, -0.2) is 11.7 Å². The van der Waals surface area contributed by atoms with E-state index in [-0.39, 0.29) is 0 Å². The number of fused-ring (bicyclic) bond motifs is 1. The first kappa shape index (κ1) is 11.7. The molecule has 1 heteroatoms. The quantitative estimate of drug-likeness (QED) is 0.837. The van der Waals surface area contributed by atoms with E-state index in [1.54, 1.807) is 0 Å². The summed E-state index contributed by atoms with van der Waals surface area (Å²) in [6.45, 7) is 0.363. The van der Waals surface area contributed by atoms with Crippen molar-refractivity contribution in [3.63, 3.8) is 0 Å². The molecule has 0 heterocycles. The molecular weight excluding hydrogens is 220 g/mol. The second kappa shape index (κ2) is 5.11. The van der Waals surface area contributed by atoms with E-state index in [0.29, 0.717) is 18.4 Å². The van der Waals surface area contributed by atoms with Gasteiger partial charge >= 0.3 is 0 Å². The van der Waals surface area contributed by atoms with Gasteiger partial charge in [-0.25, -0.2) is 0 Å². The van der Waals surface area contributed by atoms with Crippen LogP contribution < -0.4 is 0 Å². The molecule has 2 aromatic carbocycles. The summed E-state index contributed by atoms with van der Waals surface area (Å²) in [5, 5.41) is 12.0. The third-order valence-electron chi connectivity index (χ3n) is 4.37. The molecule has 1 saturated carbocycles. The molecule has 94 valence electrons. The van der Waals surface area contributed by atoms with Crippen molar-refractivity contribution in [3.8, 4) is 0 Å². The molecule has 0 radical (unpaired) electrons. The lowest BCUT2D eigenvalue weighted by Crippen LogP contribution is -2.16. The first-order valence-electron chi connectivity index (χ1n) is 6.97. The Hall–Kier alpha value is -1.34. The number of benzene rings is 2. The van der Waals surface area contributed by atoms with Crippen LogP contribution in [-0.2, 0) is 0 Å². The van der Waals surface area contributed by atoms with Crippen molar-refractivity contribution in [3.05, 3.63) is 48.0 Å². The van der Waals surface area contributed by atoms with E-state index in [1.807, 2.05) is 0 Å². The third kappa shape index (κ3) is 2.15. The largest absolute Gasteiger partial charge is 0.396 e. The zero-order valence-corrected chi connectivity index (χ0v) is 10.7. The molecule has 0 saturated heterocycles. The highest BCUT2D eigenvalue weighted by Gasteiger charge is 2.22. The Morgan fingerprint density at radius 2 is 1.61 bits per heavy atom. The Balaban J connectivity index is 1.91. The molecule has 1 N–H and O–H groups in total. The summed E-state index contributed by atoms with van der Waals surface area (Å²) >= 11 is 0. The lowest BCUT2D eigenvalue weighted by atomic mass is 9.78. The lowest BCUT2D eigenvalue weighted by molar-refractivity contribution is 0.182. The highest BCUT2D eigenvalue weighted by molar-refractivity contribution is 5.86. The molecule has 0 amide bonds. The summed E-state index contributed by atoms with van der Waals surface area (Å²) in [5.74, 6) is 1.22. The Kier molecular flexibility index (Phi) is 3.33. The van der Waals surface area contributed by atoms with Gasteiger partial charge in [-0.1, -0.05) is 42.5 Å². The van der Waals surface area contributed by atoms with E-state index < -0.39 is 0 Å². The average Bonchev–Trinajstić information content (AvgIpc) is 2.47. The van der Waals surface area contributed by atoms with Crippen molar-refractivity contribution >= 4 is 10.8 Å². The molecule has 1 nitrogen and oxygen atoms in total. The normalized spacial score (nSPS) is 24.3. The van der Waals surface area contributed by atoms with Gasteiger partial charge in [0.2, 0.25) is 0 Å². The van der Waals surface area contributed by atoms with E-state index in [4.69, 9.17) is 0 Å². The smallest absolute Gasteiger partial charge is 0.0459 e. The number of hydrogen-bond acceptors (Lipinski definition) is 1. The van der Waals surface area contributed by atoms with E-state index in [9.17, 15) is 5.11 Å². The molecular formula is C17H20O. The van der Waals surface area contributed by atoms with Gasteiger partial charge in [-0.2, -0.15) is 0 Å². The lowest BCUT2D eigenvalue weighted by Gasteiger charge is -2.28. The molecule has 0 aromatic heterocycles. The van der Waals surface area contributed by atoms with E-state index in [0.717, 1.165) is 0 Å². The Morgan fingerprint density at radius 3 is 2.39 bits per heavy atom.